The highest BCUT2D eigenvalue weighted by atomic mass is 35.6. The van der Waals surface area contributed by atoms with Gasteiger partial charge in [-0.25, -0.2) is 0 Å². The zero-order chi connectivity index (χ0) is 9.19. The van der Waals surface area contributed by atoms with E-state index in [1.54, 1.807) is 24.3 Å². The number of halogens is 3. The molecule has 0 aliphatic rings. The Morgan fingerprint density at radius 1 is 1.08 bits per heavy atom. The van der Waals surface area contributed by atoms with Gasteiger partial charge in [0.15, 0.2) is 0 Å². The first-order valence-electron chi connectivity index (χ1n) is 3.13. The van der Waals surface area contributed by atoms with E-state index in [-0.39, 0.29) is 0 Å². The Balaban J connectivity index is 2.93. The van der Waals surface area contributed by atoms with Crippen LogP contribution in [0.25, 0.3) is 0 Å². The van der Waals surface area contributed by atoms with E-state index in [9.17, 15) is 0 Å². The van der Waals surface area contributed by atoms with Gasteiger partial charge < -0.3 is 4.74 Å². The van der Waals surface area contributed by atoms with Crippen LogP contribution in [0, 0.1) is 7.11 Å². The van der Waals surface area contributed by atoms with Gasteiger partial charge in [-0.05, 0) is 12.1 Å². The summed E-state index contributed by atoms with van der Waals surface area (Å²) in [5.74, 6) is 0.632. The monoisotopic (exact) mass is 223 g/mol. The largest absolute Gasteiger partial charge is 0.490 e. The summed E-state index contributed by atoms with van der Waals surface area (Å²) in [6.45, 7) is 0. The van der Waals surface area contributed by atoms with E-state index in [1.165, 1.54) is 0 Å². The fourth-order valence-electron chi connectivity index (χ4n) is 0.740. The summed E-state index contributed by atoms with van der Waals surface area (Å²) in [7, 11) is 3.25. The molecule has 0 fully saturated rings. The molecule has 0 amide bonds. The second-order valence-electron chi connectivity index (χ2n) is 2.17. The number of ether oxygens (including phenoxy) is 1. The lowest BCUT2D eigenvalue weighted by Crippen LogP contribution is -1.98. The number of hydrogen-bond donors (Lipinski definition) is 0. The first kappa shape index (κ1) is 9.97. The molecular formula is C8H6Cl3O. The minimum atomic E-state index is -1.38. The van der Waals surface area contributed by atoms with E-state index >= 15 is 0 Å². The van der Waals surface area contributed by atoms with Crippen LogP contribution in [0.1, 0.15) is 5.56 Å². The van der Waals surface area contributed by atoms with Crippen LogP contribution in [0.5, 0.6) is 5.75 Å². The molecule has 1 radical (unpaired) electrons. The van der Waals surface area contributed by atoms with Gasteiger partial charge in [0.05, 0.1) is 0 Å². The molecule has 1 nitrogen and oxygen atoms in total. The smallest absolute Gasteiger partial charge is 0.216 e. The van der Waals surface area contributed by atoms with Crippen LogP contribution in [0.3, 0.4) is 0 Å². The highest BCUT2D eigenvalue weighted by Gasteiger charge is 2.21. The molecule has 0 saturated carbocycles. The molecule has 1 aromatic rings. The first-order chi connectivity index (χ1) is 5.54. The van der Waals surface area contributed by atoms with Crippen molar-refractivity contribution in [1.29, 1.82) is 0 Å². The fourth-order valence-corrected chi connectivity index (χ4v) is 1.12. The van der Waals surface area contributed by atoms with Gasteiger partial charge in [-0.1, -0.05) is 46.9 Å². The lowest BCUT2D eigenvalue weighted by molar-refractivity contribution is 0.473. The normalized spacial score (nSPS) is 11.3. The van der Waals surface area contributed by atoms with Gasteiger partial charge in [0, 0.05) is 5.56 Å². The van der Waals surface area contributed by atoms with Crippen LogP contribution in [0.2, 0.25) is 0 Å². The van der Waals surface area contributed by atoms with Crippen molar-refractivity contribution in [3.8, 4) is 5.75 Å². The summed E-state index contributed by atoms with van der Waals surface area (Å²) in [5.41, 5.74) is 0.605. The van der Waals surface area contributed by atoms with Crippen molar-refractivity contribution in [1.82, 2.24) is 0 Å². The summed E-state index contributed by atoms with van der Waals surface area (Å²) in [6, 6.07) is 6.72. The SMILES string of the molecule is [CH2]Oc1ccc(C(Cl)(Cl)Cl)cc1. The minimum absolute atomic E-state index is 0.605. The van der Waals surface area contributed by atoms with Crippen LogP contribution >= 0.6 is 34.8 Å². The summed E-state index contributed by atoms with van der Waals surface area (Å²) in [5, 5.41) is 0. The third-order valence-electron chi connectivity index (χ3n) is 1.35. The molecule has 0 bridgehead atoms. The predicted octanol–water partition coefficient (Wildman–Crippen LogP) is 3.68. The molecule has 0 aromatic heterocycles. The zero-order valence-electron chi connectivity index (χ0n) is 6.06. The lowest BCUT2D eigenvalue weighted by Gasteiger charge is -2.10. The third-order valence-corrected chi connectivity index (χ3v) is 2.00. The summed E-state index contributed by atoms with van der Waals surface area (Å²) in [4.78, 5) is 0. The Morgan fingerprint density at radius 2 is 1.58 bits per heavy atom. The van der Waals surface area contributed by atoms with Gasteiger partial charge in [-0.2, -0.15) is 0 Å². The van der Waals surface area contributed by atoms with E-state index in [0.717, 1.165) is 0 Å². The summed E-state index contributed by atoms with van der Waals surface area (Å²) >= 11 is 16.9. The van der Waals surface area contributed by atoms with Crippen LogP contribution in [-0.4, -0.2) is 0 Å². The van der Waals surface area contributed by atoms with E-state index in [4.69, 9.17) is 39.5 Å². The molecule has 0 atom stereocenters. The van der Waals surface area contributed by atoms with Crippen molar-refractivity contribution >= 4 is 34.8 Å². The van der Waals surface area contributed by atoms with Gasteiger partial charge in [-0.15, -0.1) is 0 Å². The fraction of sp³-hybridized carbons (Fsp3) is 0.125. The van der Waals surface area contributed by atoms with Crippen molar-refractivity contribution in [3.05, 3.63) is 36.9 Å². The minimum Gasteiger partial charge on any atom is -0.490 e. The predicted molar refractivity (Wildman–Crippen MR) is 51.7 cm³/mol. The Morgan fingerprint density at radius 3 is 1.92 bits per heavy atom. The molecule has 0 saturated heterocycles. The third kappa shape index (κ3) is 2.44. The molecule has 4 heteroatoms. The van der Waals surface area contributed by atoms with Crippen LogP contribution in [-0.2, 0) is 3.79 Å². The number of benzene rings is 1. The highest BCUT2D eigenvalue weighted by Crippen LogP contribution is 2.38. The Bertz CT molecular complexity index is 250. The molecule has 65 valence electrons. The summed E-state index contributed by atoms with van der Waals surface area (Å²) < 4.78 is 3.33. The maximum atomic E-state index is 5.63. The second kappa shape index (κ2) is 3.73. The van der Waals surface area contributed by atoms with Crippen molar-refractivity contribution in [2.45, 2.75) is 3.79 Å². The van der Waals surface area contributed by atoms with E-state index in [1.807, 2.05) is 0 Å². The van der Waals surface area contributed by atoms with Gasteiger partial charge in [0.2, 0.25) is 3.79 Å². The molecule has 12 heavy (non-hydrogen) atoms. The first-order valence-corrected chi connectivity index (χ1v) is 4.27. The maximum absolute atomic E-state index is 5.63. The quantitative estimate of drug-likeness (QED) is 0.661. The van der Waals surface area contributed by atoms with Crippen LogP contribution < -0.4 is 4.74 Å². The zero-order valence-corrected chi connectivity index (χ0v) is 8.33. The van der Waals surface area contributed by atoms with E-state index < -0.39 is 3.79 Å². The van der Waals surface area contributed by atoms with Gasteiger partial charge in [0.1, 0.15) is 12.9 Å². The standard InChI is InChI=1S/C8H6Cl3O/c1-12-7-4-2-6(3-5-7)8(9,10)11/h2-5H,1H2. The molecule has 0 aliphatic carbocycles. The van der Waals surface area contributed by atoms with Crippen LogP contribution in [0.15, 0.2) is 24.3 Å². The van der Waals surface area contributed by atoms with Crippen molar-refractivity contribution in [2.24, 2.45) is 0 Å². The molecule has 1 aromatic carbocycles. The number of hydrogen-bond acceptors (Lipinski definition) is 1. The van der Waals surface area contributed by atoms with Gasteiger partial charge >= 0.3 is 0 Å². The van der Waals surface area contributed by atoms with Gasteiger partial charge in [-0.3, -0.25) is 0 Å². The van der Waals surface area contributed by atoms with E-state index in [0.29, 0.717) is 11.3 Å². The number of alkyl halides is 3. The Hall–Kier alpha value is -0.110. The van der Waals surface area contributed by atoms with Gasteiger partial charge in [0.25, 0.3) is 0 Å². The molecule has 0 heterocycles. The number of rotatable bonds is 1. The molecule has 0 spiro atoms. The molecule has 0 N–H and O–H groups in total. The Kier molecular flexibility index (Phi) is 3.10. The summed E-state index contributed by atoms with van der Waals surface area (Å²) in [6.07, 6.45) is 0. The van der Waals surface area contributed by atoms with Crippen LogP contribution in [0.4, 0.5) is 0 Å². The average Bonchev–Trinajstić information content (AvgIpc) is 2.03. The highest BCUT2D eigenvalue weighted by molar-refractivity contribution is 6.66. The van der Waals surface area contributed by atoms with Crippen molar-refractivity contribution in [3.63, 3.8) is 0 Å². The molecule has 1 rings (SSSR count). The van der Waals surface area contributed by atoms with E-state index in [2.05, 4.69) is 7.11 Å². The molecular weight excluding hydrogens is 218 g/mol. The topological polar surface area (TPSA) is 9.23 Å². The Labute approximate surface area is 86.2 Å². The lowest BCUT2D eigenvalue weighted by atomic mass is 10.2. The molecule has 0 aliphatic heterocycles. The second-order valence-corrected chi connectivity index (χ2v) is 4.45. The molecule has 0 unspecified atom stereocenters. The average molecular weight is 224 g/mol. The maximum Gasteiger partial charge on any atom is 0.216 e. The van der Waals surface area contributed by atoms with Crippen molar-refractivity contribution in [2.75, 3.05) is 0 Å². The van der Waals surface area contributed by atoms with Crippen molar-refractivity contribution < 1.29 is 4.74 Å².